The van der Waals surface area contributed by atoms with Crippen molar-refractivity contribution in [3.8, 4) is 17.1 Å². The van der Waals surface area contributed by atoms with Crippen molar-refractivity contribution in [1.82, 2.24) is 4.98 Å². The molecule has 76 valence electrons. The molecule has 0 radical (unpaired) electrons. The Bertz CT molecular complexity index is 493. The highest BCUT2D eigenvalue weighted by Gasteiger charge is 2.15. The molecule has 0 bridgehead atoms. The number of phenols is 1. The highest BCUT2D eigenvalue weighted by atomic mass is 16.6. The number of hydrogen-bond donors (Lipinski definition) is 1. The Labute approximate surface area is 83.9 Å². The van der Waals surface area contributed by atoms with Crippen LogP contribution in [0.4, 0.5) is 5.69 Å². The van der Waals surface area contributed by atoms with Crippen LogP contribution in [0.3, 0.4) is 0 Å². The minimum Gasteiger partial charge on any atom is -0.502 e. The second-order valence-electron chi connectivity index (χ2n) is 2.83. The molecule has 15 heavy (non-hydrogen) atoms. The van der Waals surface area contributed by atoms with Crippen LogP contribution in [0, 0.1) is 10.1 Å². The van der Waals surface area contributed by atoms with Crippen LogP contribution >= 0.6 is 0 Å². The van der Waals surface area contributed by atoms with Gasteiger partial charge in [0.2, 0.25) is 0 Å². The Morgan fingerprint density at radius 1 is 1.47 bits per heavy atom. The van der Waals surface area contributed by atoms with Crippen LogP contribution in [0.15, 0.2) is 35.2 Å². The van der Waals surface area contributed by atoms with Crippen molar-refractivity contribution in [2.24, 2.45) is 0 Å². The molecule has 6 nitrogen and oxygen atoms in total. The Balaban J connectivity index is 2.52. The van der Waals surface area contributed by atoms with Gasteiger partial charge in [0.25, 0.3) is 0 Å². The van der Waals surface area contributed by atoms with E-state index in [1.165, 1.54) is 30.8 Å². The van der Waals surface area contributed by atoms with E-state index in [4.69, 9.17) is 4.42 Å². The Morgan fingerprint density at radius 3 is 2.87 bits per heavy atom. The monoisotopic (exact) mass is 206 g/mol. The third kappa shape index (κ3) is 1.64. The zero-order chi connectivity index (χ0) is 10.8. The molecule has 0 fully saturated rings. The number of rotatable bonds is 2. The molecule has 0 aliphatic rings. The van der Waals surface area contributed by atoms with E-state index in [1.807, 2.05) is 0 Å². The van der Waals surface area contributed by atoms with Crippen LogP contribution in [0.5, 0.6) is 5.75 Å². The number of nitro groups is 1. The maximum Gasteiger partial charge on any atom is 0.311 e. The largest absolute Gasteiger partial charge is 0.502 e. The van der Waals surface area contributed by atoms with E-state index >= 15 is 0 Å². The first-order valence-electron chi connectivity index (χ1n) is 4.05. The first kappa shape index (κ1) is 9.20. The molecular formula is C9H6N2O4. The summed E-state index contributed by atoms with van der Waals surface area (Å²) in [6, 6.07) is 3.99. The number of hydrogen-bond acceptors (Lipinski definition) is 5. The quantitative estimate of drug-likeness (QED) is 0.599. The number of aromatic hydroxyl groups is 1. The van der Waals surface area contributed by atoms with Gasteiger partial charge in [-0.3, -0.25) is 10.1 Å². The van der Waals surface area contributed by atoms with Crippen LogP contribution in [-0.4, -0.2) is 15.0 Å². The van der Waals surface area contributed by atoms with Gasteiger partial charge in [-0.15, -0.1) is 0 Å². The highest BCUT2D eigenvalue weighted by molar-refractivity contribution is 5.63. The van der Waals surface area contributed by atoms with E-state index in [0.29, 0.717) is 11.3 Å². The highest BCUT2D eigenvalue weighted by Crippen LogP contribution is 2.30. The standard InChI is InChI=1S/C9H6N2O4/c12-8-2-1-6(3-7(8)11(13)14)9-4-10-5-15-9/h1-5,12H. The van der Waals surface area contributed by atoms with Crippen LogP contribution in [0.2, 0.25) is 0 Å². The minimum absolute atomic E-state index is 0.357. The molecule has 0 saturated heterocycles. The van der Waals surface area contributed by atoms with Crippen LogP contribution in [0.1, 0.15) is 0 Å². The molecule has 1 heterocycles. The van der Waals surface area contributed by atoms with Gasteiger partial charge in [0, 0.05) is 11.6 Å². The fourth-order valence-corrected chi connectivity index (χ4v) is 1.18. The molecular weight excluding hydrogens is 200 g/mol. The normalized spacial score (nSPS) is 10.1. The third-order valence-corrected chi connectivity index (χ3v) is 1.89. The van der Waals surface area contributed by atoms with Crippen molar-refractivity contribution in [3.05, 3.63) is 40.9 Å². The maximum absolute atomic E-state index is 10.5. The summed E-state index contributed by atoms with van der Waals surface area (Å²) in [4.78, 5) is 13.6. The molecule has 1 N–H and O–H groups in total. The smallest absolute Gasteiger partial charge is 0.311 e. The fourth-order valence-electron chi connectivity index (χ4n) is 1.18. The minimum atomic E-state index is -0.658. The Kier molecular flexibility index (Phi) is 2.09. The summed E-state index contributed by atoms with van der Waals surface area (Å²) in [6.45, 7) is 0. The zero-order valence-electron chi connectivity index (χ0n) is 7.45. The van der Waals surface area contributed by atoms with Crippen molar-refractivity contribution in [2.75, 3.05) is 0 Å². The molecule has 0 aliphatic carbocycles. The summed E-state index contributed by atoms with van der Waals surface area (Å²) >= 11 is 0. The van der Waals surface area contributed by atoms with E-state index in [-0.39, 0.29) is 11.4 Å². The van der Waals surface area contributed by atoms with E-state index in [1.54, 1.807) is 0 Å². The van der Waals surface area contributed by atoms with Gasteiger partial charge in [0.1, 0.15) is 0 Å². The van der Waals surface area contributed by atoms with Crippen molar-refractivity contribution < 1.29 is 14.4 Å². The van der Waals surface area contributed by atoms with E-state index < -0.39 is 4.92 Å². The lowest BCUT2D eigenvalue weighted by Crippen LogP contribution is -1.88. The molecule has 1 aromatic carbocycles. The fraction of sp³-hybridized carbons (Fsp3) is 0. The lowest BCUT2D eigenvalue weighted by atomic mass is 10.1. The first-order chi connectivity index (χ1) is 7.18. The summed E-state index contributed by atoms with van der Waals surface area (Å²) in [5, 5.41) is 19.8. The van der Waals surface area contributed by atoms with Crippen LogP contribution < -0.4 is 0 Å². The van der Waals surface area contributed by atoms with Gasteiger partial charge in [-0.25, -0.2) is 4.98 Å². The predicted octanol–water partition coefficient (Wildman–Crippen LogP) is 1.96. The van der Waals surface area contributed by atoms with Crippen molar-refractivity contribution in [2.45, 2.75) is 0 Å². The van der Waals surface area contributed by atoms with Crippen molar-refractivity contribution in [3.63, 3.8) is 0 Å². The summed E-state index contributed by atoms with van der Waals surface area (Å²) < 4.78 is 4.98. The van der Waals surface area contributed by atoms with Gasteiger partial charge in [0.05, 0.1) is 11.1 Å². The predicted molar refractivity (Wildman–Crippen MR) is 50.3 cm³/mol. The number of nitrogens with zero attached hydrogens (tertiary/aromatic N) is 2. The molecule has 6 heteroatoms. The molecule has 0 amide bonds. The van der Waals surface area contributed by atoms with Gasteiger partial charge in [-0.1, -0.05) is 0 Å². The Hall–Kier alpha value is -2.37. The summed E-state index contributed by atoms with van der Waals surface area (Å²) in [6.07, 6.45) is 2.67. The average molecular weight is 206 g/mol. The second-order valence-corrected chi connectivity index (χ2v) is 2.83. The number of oxazole rings is 1. The van der Waals surface area contributed by atoms with Gasteiger partial charge < -0.3 is 9.52 Å². The Morgan fingerprint density at radius 2 is 2.27 bits per heavy atom. The van der Waals surface area contributed by atoms with Crippen LogP contribution in [-0.2, 0) is 0 Å². The second kappa shape index (κ2) is 3.41. The van der Waals surface area contributed by atoms with E-state index in [9.17, 15) is 15.2 Å². The van der Waals surface area contributed by atoms with E-state index in [2.05, 4.69) is 4.98 Å². The summed E-state index contributed by atoms with van der Waals surface area (Å²) in [5.74, 6) is 0.0429. The number of benzene rings is 1. The average Bonchev–Trinajstić information content (AvgIpc) is 2.71. The lowest BCUT2D eigenvalue weighted by Gasteiger charge is -1.98. The van der Waals surface area contributed by atoms with Crippen LogP contribution in [0.25, 0.3) is 11.3 Å². The van der Waals surface area contributed by atoms with Gasteiger partial charge in [0.15, 0.2) is 17.9 Å². The van der Waals surface area contributed by atoms with Gasteiger partial charge in [-0.05, 0) is 12.1 Å². The lowest BCUT2D eigenvalue weighted by molar-refractivity contribution is -0.385. The van der Waals surface area contributed by atoms with Crippen molar-refractivity contribution in [1.29, 1.82) is 0 Å². The van der Waals surface area contributed by atoms with Crippen molar-refractivity contribution >= 4 is 5.69 Å². The number of phenolic OH excluding ortho intramolecular Hbond substituents is 1. The summed E-state index contributed by atoms with van der Waals surface area (Å²) in [5.41, 5.74) is 0.140. The molecule has 0 atom stereocenters. The molecule has 1 aromatic heterocycles. The maximum atomic E-state index is 10.5. The SMILES string of the molecule is O=[N+]([O-])c1cc(-c2cnco2)ccc1O. The number of nitro benzene ring substituents is 1. The molecule has 0 spiro atoms. The molecule has 0 aliphatic heterocycles. The first-order valence-corrected chi connectivity index (χ1v) is 4.05. The molecule has 0 saturated carbocycles. The number of aromatic nitrogens is 1. The third-order valence-electron chi connectivity index (χ3n) is 1.89. The molecule has 2 rings (SSSR count). The van der Waals surface area contributed by atoms with Gasteiger partial charge in [-0.2, -0.15) is 0 Å². The van der Waals surface area contributed by atoms with Gasteiger partial charge >= 0.3 is 5.69 Å². The zero-order valence-corrected chi connectivity index (χ0v) is 7.45. The molecule has 0 unspecified atom stereocenters. The van der Waals surface area contributed by atoms with E-state index in [0.717, 1.165) is 0 Å². The molecule has 2 aromatic rings. The topological polar surface area (TPSA) is 89.4 Å². The summed E-state index contributed by atoms with van der Waals surface area (Å²) in [7, 11) is 0.